The fourth-order valence-corrected chi connectivity index (χ4v) is 4.76. The number of nitrogens with zero attached hydrogens (tertiary/aromatic N) is 2. The number of anilines is 1. The van der Waals surface area contributed by atoms with Crippen LogP contribution in [-0.2, 0) is 19.2 Å². The van der Waals surface area contributed by atoms with Gasteiger partial charge in [0.15, 0.2) is 23.2 Å². The Kier molecular flexibility index (Phi) is 10.6. The molecule has 9 nitrogen and oxygen atoms in total. The molecule has 1 unspecified atom stereocenters. The Morgan fingerprint density at radius 3 is 2.27 bits per heavy atom. The number of rotatable bonds is 12. The number of hydroxylamine groups is 1. The summed E-state index contributed by atoms with van der Waals surface area (Å²) in [5, 5.41) is 4.36. The minimum absolute atomic E-state index is 0.0302. The molecule has 4 rings (SSSR count). The number of fused-ring (bicyclic) bond motifs is 1. The van der Waals surface area contributed by atoms with Crippen LogP contribution in [0.4, 0.5) is 23.2 Å². The van der Waals surface area contributed by atoms with E-state index in [1.807, 2.05) is 0 Å². The third kappa shape index (κ3) is 7.32. The minimum Gasteiger partial charge on any atom is -0.479 e. The molecule has 0 fully saturated rings. The van der Waals surface area contributed by atoms with Crippen LogP contribution in [0.3, 0.4) is 0 Å². The maximum Gasteiger partial charge on any atom is 0.259 e. The molecule has 3 aromatic carbocycles. The second-order valence-electron chi connectivity index (χ2n) is 9.71. The fraction of sp³-hybridized carbons (Fsp3) is 0.226. The predicted molar refractivity (Wildman–Crippen MR) is 157 cm³/mol. The quantitative estimate of drug-likeness (QED) is 0.127. The van der Waals surface area contributed by atoms with E-state index in [-0.39, 0.29) is 23.6 Å². The average Bonchev–Trinajstić information content (AvgIpc) is 3.02. The topological polar surface area (TPSA) is 107 Å². The van der Waals surface area contributed by atoms with Gasteiger partial charge >= 0.3 is 0 Å². The summed E-state index contributed by atoms with van der Waals surface area (Å²) < 4.78 is 61.6. The van der Waals surface area contributed by atoms with Crippen molar-refractivity contribution in [1.29, 1.82) is 0 Å². The Morgan fingerprint density at radius 1 is 0.978 bits per heavy atom. The molecule has 0 saturated carbocycles. The lowest BCUT2D eigenvalue weighted by Gasteiger charge is -2.25. The number of Topliss-reactive ketones (excluding diaryl/α,β-unsaturated/α-hetero) is 1. The summed E-state index contributed by atoms with van der Waals surface area (Å²) in [5.74, 6) is -11.5. The van der Waals surface area contributed by atoms with Crippen LogP contribution in [0.25, 0.3) is 10.8 Å². The lowest BCUT2D eigenvalue weighted by Crippen LogP contribution is -2.49. The van der Waals surface area contributed by atoms with Gasteiger partial charge in [-0.25, -0.2) is 8.78 Å². The Morgan fingerprint density at radius 2 is 1.64 bits per heavy atom. The summed E-state index contributed by atoms with van der Waals surface area (Å²) in [6, 6.07) is 11.4. The standard InChI is InChI=1S/C31H26ClF4N3O6/c1-3-24(38-12-11-17-9-10-18(32)13-20(17)31(38)43)30(42)37-23(15-26(41)39(44-2)19-7-5-4-6-8-19)25(40)16-45-29-27(35)21(33)14-22(34)28(29)36/h4-14,23-24H,3,15-16H2,1-2H3,(H,37,42)/t23?,24-/m0/s1. The maximum atomic E-state index is 14.2. The number of hydrogen-bond acceptors (Lipinski definition) is 6. The lowest BCUT2D eigenvalue weighted by atomic mass is 10.1. The number of aromatic nitrogens is 1. The second kappa shape index (κ2) is 14.4. The van der Waals surface area contributed by atoms with E-state index in [0.29, 0.717) is 10.4 Å². The Hall–Kier alpha value is -4.75. The van der Waals surface area contributed by atoms with E-state index < -0.39 is 77.3 Å². The predicted octanol–water partition coefficient (Wildman–Crippen LogP) is 5.28. The molecule has 1 heterocycles. The van der Waals surface area contributed by atoms with Crippen LogP contribution in [0.15, 0.2) is 71.7 Å². The highest BCUT2D eigenvalue weighted by Gasteiger charge is 2.31. The van der Waals surface area contributed by atoms with E-state index in [1.165, 1.54) is 31.5 Å². The van der Waals surface area contributed by atoms with Gasteiger partial charge in [0.1, 0.15) is 18.7 Å². The molecule has 0 aliphatic heterocycles. The molecule has 0 radical (unpaired) electrons. The summed E-state index contributed by atoms with van der Waals surface area (Å²) in [7, 11) is 1.19. The highest BCUT2D eigenvalue weighted by atomic mass is 35.5. The van der Waals surface area contributed by atoms with Gasteiger partial charge in [-0.1, -0.05) is 42.8 Å². The van der Waals surface area contributed by atoms with Crippen molar-refractivity contribution in [2.45, 2.75) is 31.8 Å². The molecule has 0 aliphatic carbocycles. The molecule has 236 valence electrons. The van der Waals surface area contributed by atoms with Gasteiger partial charge in [-0.2, -0.15) is 13.8 Å². The van der Waals surface area contributed by atoms with E-state index >= 15 is 0 Å². The number of pyridine rings is 1. The Balaban J connectivity index is 1.64. The summed E-state index contributed by atoms with van der Waals surface area (Å²) >= 11 is 6.05. The minimum atomic E-state index is -1.88. The summed E-state index contributed by atoms with van der Waals surface area (Å²) in [6.45, 7) is 0.411. The molecule has 0 aliphatic rings. The largest absolute Gasteiger partial charge is 0.479 e. The smallest absolute Gasteiger partial charge is 0.259 e. The van der Waals surface area contributed by atoms with Crippen LogP contribution in [0.5, 0.6) is 5.75 Å². The van der Waals surface area contributed by atoms with Gasteiger partial charge in [0, 0.05) is 22.7 Å². The first-order valence-corrected chi connectivity index (χ1v) is 13.9. The number of para-hydroxylation sites is 1. The monoisotopic (exact) mass is 647 g/mol. The number of carbonyl (C=O) groups is 3. The third-order valence-electron chi connectivity index (χ3n) is 6.83. The second-order valence-corrected chi connectivity index (χ2v) is 10.1. The number of carbonyl (C=O) groups excluding carboxylic acids is 3. The van der Waals surface area contributed by atoms with Crippen LogP contribution < -0.4 is 20.7 Å². The van der Waals surface area contributed by atoms with Crippen LogP contribution in [0.1, 0.15) is 25.8 Å². The van der Waals surface area contributed by atoms with Gasteiger partial charge < -0.3 is 14.6 Å². The maximum absolute atomic E-state index is 14.2. The van der Waals surface area contributed by atoms with Crippen molar-refractivity contribution < 1.29 is 41.5 Å². The number of hydrogen-bond donors (Lipinski definition) is 1. The van der Waals surface area contributed by atoms with Gasteiger partial charge in [0.05, 0.1) is 19.2 Å². The van der Waals surface area contributed by atoms with Gasteiger partial charge in [-0.15, -0.1) is 0 Å². The number of amides is 2. The molecule has 2 atom stereocenters. The van der Waals surface area contributed by atoms with Crippen molar-refractivity contribution in [2.24, 2.45) is 0 Å². The Bertz CT molecular complexity index is 1780. The first kappa shape index (κ1) is 33.1. The Labute approximate surface area is 258 Å². The van der Waals surface area contributed by atoms with Gasteiger partial charge in [0.25, 0.3) is 11.5 Å². The fourth-order valence-electron chi connectivity index (χ4n) is 4.59. The van der Waals surface area contributed by atoms with E-state index in [4.69, 9.17) is 21.2 Å². The number of ketones is 1. The molecule has 2 amide bonds. The normalized spacial score (nSPS) is 12.4. The molecule has 4 aromatic rings. The molecule has 1 aromatic heterocycles. The van der Waals surface area contributed by atoms with Crippen LogP contribution in [0.2, 0.25) is 5.02 Å². The van der Waals surface area contributed by atoms with Crippen molar-refractivity contribution in [3.63, 3.8) is 0 Å². The molecule has 0 saturated heterocycles. The van der Waals surface area contributed by atoms with Crippen molar-refractivity contribution >= 4 is 45.7 Å². The van der Waals surface area contributed by atoms with Crippen LogP contribution in [-0.4, -0.2) is 41.9 Å². The molecule has 1 N–H and O–H groups in total. The molecule has 0 bridgehead atoms. The zero-order chi connectivity index (χ0) is 32.8. The van der Waals surface area contributed by atoms with Crippen LogP contribution in [0, 0.1) is 23.3 Å². The number of ether oxygens (including phenoxy) is 1. The number of halogens is 5. The SMILES string of the molecule is CC[C@@H](C(=O)NC(CC(=O)N(OC)c1ccccc1)C(=O)COc1c(F)c(F)cc(F)c1F)n1ccc2ccc(Cl)cc2c1=O. The third-order valence-corrected chi connectivity index (χ3v) is 7.07. The van der Waals surface area contributed by atoms with Gasteiger partial charge in [-0.3, -0.25) is 24.0 Å². The average molecular weight is 648 g/mol. The van der Waals surface area contributed by atoms with Crippen LogP contribution >= 0.6 is 11.6 Å². The molecule has 14 heteroatoms. The van der Waals surface area contributed by atoms with Gasteiger partial charge in [-0.05, 0) is 42.1 Å². The molecular formula is C31H26ClF4N3O6. The van der Waals surface area contributed by atoms with Gasteiger partial charge in [0.2, 0.25) is 17.5 Å². The lowest BCUT2D eigenvalue weighted by molar-refractivity contribution is -0.134. The summed E-state index contributed by atoms with van der Waals surface area (Å²) in [6.07, 6.45) is 0.720. The summed E-state index contributed by atoms with van der Waals surface area (Å²) in [4.78, 5) is 58.5. The van der Waals surface area contributed by atoms with Crippen molar-refractivity contribution in [3.05, 3.63) is 106 Å². The highest BCUT2D eigenvalue weighted by Crippen LogP contribution is 2.27. The van der Waals surface area contributed by atoms with E-state index in [0.717, 1.165) is 9.63 Å². The number of nitrogens with one attached hydrogen (secondary N) is 1. The molecule has 0 spiro atoms. The zero-order valence-electron chi connectivity index (χ0n) is 23.9. The summed E-state index contributed by atoms with van der Waals surface area (Å²) in [5.41, 5.74) is -0.265. The van der Waals surface area contributed by atoms with Crippen molar-refractivity contribution in [3.8, 4) is 5.75 Å². The van der Waals surface area contributed by atoms with Crippen molar-refractivity contribution in [2.75, 3.05) is 18.8 Å². The first-order chi connectivity index (χ1) is 21.5. The first-order valence-electron chi connectivity index (χ1n) is 13.5. The van der Waals surface area contributed by atoms with E-state index in [2.05, 4.69) is 5.32 Å². The molecular weight excluding hydrogens is 622 g/mol. The van der Waals surface area contributed by atoms with E-state index in [9.17, 15) is 36.7 Å². The van der Waals surface area contributed by atoms with Crippen molar-refractivity contribution in [1.82, 2.24) is 9.88 Å². The molecule has 45 heavy (non-hydrogen) atoms. The highest BCUT2D eigenvalue weighted by molar-refractivity contribution is 6.31. The van der Waals surface area contributed by atoms with E-state index in [1.54, 1.807) is 43.3 Å². The number of benzene rings is 3. The zero-order valence-corrected chi connectivity index (χ0v) is 24.6.